The Labute approximate surface area is 119 Å². The van der Waals surface area contributed by atoms with Gasteiger partial charge in [0.1, 0.15) is 19.7 Å². The van der Waals surface area contributed by atoms with E-state index in [4.69, 9.17) is 4.74 Å². The number of carbonyl (C=O) groups excluding carboxylic acids is 1. The fourth-order valence-electron chi connectivity index (χ4n) is 2.01. The van der Waals surface area contributed by atoms with Crippen LogP contribution in [0, 0.1) is 0 Å². The molecule has 0 heterocycles. The molecule has 0 saturated carbocycles. The van der Waals surface area contributed by atoms with Crippen molar-refractivity contribution in [1.82, 2.24) is 0 Å². The van der Waals surface area contributed by atoms with Crippen LogP contribution in [0.4, 0.5) is 0 Å². The molecule has 0 saturated heterocycles. The average Bonchev–Trinajstić information content (AvgIpc) is 2.49. The topological polar surface area (TPSA) is 30.7 Å². The SMILES string of the molecule is C[NH+](CCOC(=O)c1ccccc1)Cc1ccccc1. The summed E-state index contributed by atoms with van der Waals surface area (Å²) in [5.74, 6) is -0.252. The van der Waals surface area contributed by atoms with Crippen LogP contribution in [0.5, 0.6) is 0 Å². The lowest BCUT2D eigenvalue weighted by molar-refractivity contribution is -0.893. The fraction of sp³-hybridized carbons (Fsp3) is 0.235. The molecule has 3 heteroatoms. The maximum Gasteiger partial charge on any atom is 0.338 e. The third kappa shape index (κ3) is 4.52. The number of esters is 1. The van der Waals surface area contributed by atoms with E-state index in [9.17, 15) is 4.79 Å². The van der Waals surface area contributed by atoms with Gasteiger partial charge >= 0.3 is 5.97 Å². The van der Waals surface area contributed by atoms with Gasteiger partial charge in [0.2, 0.25) is 0 Å². The molecular weight excluding hydrogens is 250 g/mol. The third-order valence-corrected chi connectivity index (χ3v) is 3.12. The molecule has 2 rings (SSSR count). The summed E-state index contributed by atoms with van der Waals surface area (Å²) in [6, 6.07) is 19.4. The maximum absolute atomic E-state index is 11.8. The summed E-state index contributed by atoms with van der Waals surface area (Å²) in [6.07, 6.45) is 0. The lowest BCUT2D eigenvalue weighted by atomic mass is 10.2. The zero-order chi connectivity index (χ0) is 14.2. The van der Waals surface area contributed by atoms with Crippen LogP contribution in [0.25, 0.3) is 0 Å². The highest BCUT2D eigenvalue weighted by Gasteiger charge is 2.08. The number of hydrogen-bond donors (Lipinski definition) is 1. The van der Waals surface area contributed by atoms with Gasteiger partial charge < -0.3 is 9.64 Å². The molecule has 0 aromatic heterocycles. The van der Waals surface area contributed by atoms with E-state index in [0.29, 0.717) is 12.2 Å². The highest BCUT2D eigenvalue weighted by Crippen LogP contribution is 2.00. The van der Waals surface area contributed by atoms with Gasteiger partial charge in [0.25, 0.3) is 0 Å². The predicted octanol–water partition coefficient (Wildman–Crippen LogP) is 1.56. The van der Waals surface area contributed by atoms with Gasteiger partial charge in [0, 0.05) is 5.56 Å². The summed E-state index contributed by atoms with van der Waals surface area (Å²) in [4.78, 5) is 13.1. The van der Waals surface area contributed by atoms with E-state index in [1.54, 1.807) is 12.1 Å². The van der Waals surface area contributed by atoms with Gasteiger partial charge in [-0.3, -0.25) is 0 Å². The Hall–Kier alpha value is -2.13. The molecule has 2 aromatic carbocycles. The second-order valence-electron chi connectivity index (χ2n) is 4.87. The number of ether oxygens (including phenoxy) is 1. The Morgan fingerprint density at radius 2 is 1.60 bits per heavy atom. The van der Waals surface area contributed by atoms with E-state index in [-0.39, 0.29) is 5.97 Å². The molecule has 0 aliphatic carbocycles. The molecule has 0 radical (unpaired) electrons. The minimum absolute atomic E-state index is 0.252. The van der Waals surface area contributed by atoms with Gasteiger partial charge in [-0.25, -0.2) is 4.79 Å². The molecule has 0 fully saturated rings. The first-order valence-electron chi connectivity index (χ1n) is 6.83. The molecule has 1 N–H and O–H groups in total. The van der Waals surface area contributed by atoms with Crippen LogP contribution in [0.15, 0.2) is 60.7 Å². The van der Waals surface area contributed by atoms with E-state index < -0.39 is 0 Å². The predicted molar refractivity (Wildman–Crippen MR) is 78.6 cm³/mol. The van der Waals surface area contributed by atoms with Gasteiger partial charge in [-0.15, -0.1) is 0 Å². The monoisotopic (exact) mass is 270 g/mol. The highest BCUT2D eigenvalue weighted by molar-refractivity contribution is 5.89. The van der Waals surface area contributed by atoms with Crippen LogP contribution < -0.4 is 4.90 Å². The molecule has 1 atom stereocenters. The molecule has 0 bridgehead atoms. The Bertz CT molecular complexity index is 525. The number of hydrogen-bond acceptors (Lipinski definition) is 2. The number of benzene rings is 2. The second-order valence-corrected chi connectivity index (χ2v) is 4.87. The quantitative estimate of drug-likeness (QED) is 0.808. The van der Waals surface area contributed by atoms with Crippen molar-refractivity contribution in [2.45, 2.75) is 6.54 Å². The average molecular weight is 270 g/mol. The fourth-order valence-corrected chi connectivity index (χ4v) is 2.01. The number of quaternary nitrogens is 1. The van der Waals surface area contributed by atoms with Crippen molar-refractivity contribution in [3.05, 3.63) is 71.8 Å². The first-order valence-corrected chi connectivity index (χ1v) is 6.83. The lowest BCUT2D eigenvalue weighted by Gasteiger charge is -2.14. The van der Waals surface area contributed by atoms with Crippen molar-refractivity contribution in [3.63, 3.8) is 0 Å². The minimum atomic E-state index is -0.252. The van der Waals surface area contributed by atoms with Gasteiger partial charge in [-0.05, 0) is 12.1 Å². The second kappa shape index (κ2) is 7.46. The third-order valence-electron chi connectivity index (χ3n) is 3.12. The summed E-state index contributed by atoms with van der Waals surface area (Å²) in [5, 5.41) is 0. The molecule has 0 aliphatic heterocycles. The van der Waals surface area contributed by atoms with E-state index in [1.807, 2.05) is 36.4 Å². The Balaban J connectivity index is 1.72. The minimum Gasteiger partial charge on any atom is -0.456 e. The highest BCUT2D eigenvalue weighted by atomic mass is 16.5. The first kappa shape index (κ1) is 14.3. The van der Waals surface area contributed by atoms with Crippen LogP contribution in [-0.4, -0.2) is 26.2 Å². The summed E-state index contributed by atoms with van der Waals surface area (Å²) in [6.45, 7) is 2.17. The van der Waals surface area contributed by atoms with E-state index >= 15 is 0 Å². The number of carbonyl (C=O) groups is 1. The smallest absolute Gasteiger partial charge is 0.338 e. The van der Waals surface area contributed by atoms with Crippen LogP contribution in [0.3, 0.4) is 0 Å². The van der Waals surface area contributed by atoms with E-state index in [2.05, 4.69) is 19.2 Å². The van der Waals surface area contributed by atoms with Gasteiger partial charge in [-0.1, -0.05) is 48.5 Å². The lowest BCUT2D eigenvalue weighted by Crippen LogP contribution is -3.08. The molecular formula is C17H20NO2+. The molecule has 1 unspecified atom stereocenters. The summed E-state index contributed by atoms with van der Waals surface area (Å²) in [5.41, 5.74) is 1.90. The Morgan fingerprint density at radius 1 is 1.00 bits per heavy atom. The van der Waals surface area contributed by atoms with Crippen LogP contribution >= 0.6 is 0 Å². The molecule has 20 heavy (non-hydrogen) atoms. The zero-order valence-electron chi connectivity index (χ0n) is 11.7. The van der Waals surface area contributed by atoms with Crippen molar-refractivity contribution in [2.75, 3.05) is 20.2 Å². The molecule has 104 valence electrons. The van der Waals surface area contributed by atoms with Crippen LogP contribution in [0.1, 0.15) is 15.9 Å². The molecule has 0 amide bonds. The molecule has 3 nitrogen and oxygen atoms in total. The molecule has 2 aromatic rings. The van der Waals surface area contributed by atoms with Gasteiger partial charge in [0.15, 0.2) is 0 Å². The van der Waals surface area contributed by atoms with Crippen LogP contribution in [-0.2, 0) is 11.3 Å². The van der Waals surface area contributed by atoms with Crippen molar-refractivity contribution in [3.8, 4) is 0 Å². The van der Waals surface area contributed by atoms with Gasteiger partial charge in [-0.2, -0.15) is 0 Å². The normalized spacial score (nSPS) is 11.8. The Morgan fingerprint density at radius 3 is 2.25 bits per heavy atom. The zero-order valence-corrected chi connectivity index (χ0v) is 11.7. The first-order chi connectivity index (χ1) is 9.75. The largest absolute Gasteiger partial charge is 0.456 e. The summed E-state index contributed by atoms with van der Waals surface area (Å²) < 4.78 is 5.28. The Kier molecular flexibility index (Phi) is 5.33. The van der Waals surface area contributed by atoms with Crippen molar-refractivity contribution in [1.29, 1.82) is 0 Å². The number of likely N-dealkylation sites (N-methyl/N-ethyl adjacent to an activating group) is 1. The summed E-state index contributed by atoms with van der Waals surface area (Å²) >= 11 is 0. The van der Waals surface area contributed by atoms with E-state index in [0.717, 1.165) is 13.1 Å². The van der Waals surface area contributed by atoms with Gasteiger partial charge in [0.05, 0.1) is 12.6 Å². The van der Waals surface area contributed by atoms with E-state index in [1.165, 1.54) is 10.5 Å². The number of rotatable bonds is 6. The molecule has 0 spiro atoms. The molecule has 0 aliphatic rings. The van der Waals surface area contributed by atoms with Crippen molar-refractivity contribution < 1.29 is 14.4 Å². The number of nitrogens with one attached hydrogen (secondary N) is 1. The standard InChI is InChI=1S/C17H19NO2/c1-18(14-15-8-4-2-5-9-15)12-13-20-17(19)16-10-6-3-7-11-16/h2-11H,12-14H2,1H3/p+1. The summed E-state index contributed by atoms with van der Waals surface area (Å²) in [7, 11) is 2.10. The maximum atomic E-state index is 11.8. The van der Waals surface area contributed by atoms with Crippen molar-refractivity contribution >= 4 is 5.97 Å². The van der Waals surface area contributed by atoms with Crippen LogP contribution in [0.2, 0.25) is 0 Å². The van der Waals surface area contributed by atoms with Crippen molar-refractivity contribution in [2.24, 2.45) is 0 Å².